The molecule has 0 amide bonds. The number of nitrogens with zero attached hydrogens (tertiary/aromatic N) is 1. The average molecular weight is 291 g/mol. The van der Waals surface area contributed by atoms with E-state index < -0.39 is 10.1 Å². The predicted octanol–water partition coefficient (Wildman–Crippen LogP) is 2.88. The molecular weight excluding hydrogens is 274 g/mol. The number of aryl methyl sites for hydroxylation is 1. The third-order valence-corrected chi connectivity index (χ3v) is 3.91. The van der Waals surface area contributed by atoms with E-state index >= 15 is 0 Å². The van der Waals surface area contributed by atoms with Gasteiger partial charge in [0.25, 0.3) is 10.1 Å². The van der Waals surface area contributed by atoms with Gasteiger partial charge in [-0.15, -0.1) is 0 Å². The first kappa shape index (κ1) is 14.6. The molecule has 0 bridgehead atoms. The minimum absolute atomic E-state index is 0.0763. The Balaban J connectivity index is 2.22. The van der Waals surface area contributed by atoms with Crippen molar-refractivity contribution in [2.75, 3.05) is 11.9 Å². The standard InChI is InChI=1S/C15H17NO3S/c1-12-5-3-7-14(9-12)16(2)11-13-6-4-8-15(10-13)20(17,18)19/h3-10H,11H2,1-2H3,(H,17,18,19). The fourth-order valence-corrected chi connectivity index (χ4v) is 2.59. The van der Waals surface area contributed by atoms with Gasteiger partial charge in [-0.1, -0.05) is 24.3 Å². The van der Waals surface area contributed by atoms with Crippen LogP contribution >= 0.6 is 0 Å². The van der Waals surface area contributed by atoms with Crippen LogP contribution in [0.15, 0.2) is 53.4 Å². The topological polar surface area (TPSA) is 57.6 Å². The fraction of sp³-hybridized carbons (Fsp3) is 0.200. The van der Waals surface area contributed by atoms with Crippen molar-refractivity contribution >= 4 is 15.8 Å². The second-order valence-corrected chi connectivity index (χ2v) is 6.24. The van der Waals surface area contributed by atoms with Crippen LogP contribution in [0.1, 0.15) is 11.1 Å². The smallest absolute Gasteiger partial charge is 0.294 e. The number of rotatable bonds is 4. The van der Waals surface area contributed by atoms with E-state index in [0.717, 1.165) is 11.3 Å². The highest BCUT2D eigenvalue weighted by Crippen LogP contribution is 2.18. The minimum Gasteiger partial charge on any atom is -0.370 e. The molecule has 0 heterocycles. The van der Waals surface area contributed by atoms with Crippen LogP contribution in [0.4, 0.5) is 5.69 Å². The van der Waals surface area contributed by atoms with Crippen molar-refractivity contribution in [2.24, 2.45) is 0 Å². The number of anilines is 1. The van der Waals surface area contributed by atoms with E-state index in [2.05, 4.69) is 6.07 Å². The Morgan fingerprint density at radius 3 is 2.45 bits per heavy atom. The summed E-state index contributed by atoms with van der Waals surface area (Å²) < 4.78 is 31.3. The molecule has 0 atom stereocenters. The summed E-state index contributed by atoms with van der Waals surface area (Å²) in [6.07, 6.45) is 0. The molecule has 0 aliphatic heterocycles. The average Bonchev–Trinajstić information content (AvgIpc) is 2.38. The molecule has 0 fully saturated rings. The Labute approximate surface area is 119 Å². The molecule has 0 unspecified atom stereocenters. The number of hydrogen-bond acceptors (Lipinski definition) is 3. The zero-order valence-corrected chi connectivity index (χ0v) is 12.3. The van der Waals surface area contributed by atoms with Crippen molar-refractivity contribution in [3.05, 3.63) is 59.7 Å². The maximum atomic E-state index is 11.1. The third kappa shape index (κ3) is 3.59. The van der Waals surface area contributed by atoms with Crippen LogP contribution in [0, 0.1) is 6.92 Å². The van der Waals surface area contributed by atoms with Crippen molar-refractivity contribution in [3.63, 3.8) is 0 Å². The monoisotopic (exact) mass is 291 g/mol. The van der Waals surface area contributed by atoms with Gasteiger partial charge in [-0.2, -0.15) is 8.42 Å². The van der Waals surface area contributed by atoms with Crippen molar-refractivity contribution in [2.45, 2.75) is 18.4 Å². The molecule has 0 saturated carbocycles. The van der Waals surface area contributed by atoms with Crippen molar-refractivity contribution in [1.29, 1.82) is 0 Å². The second-order valence-electron chi connectivity index (χ2n) is 4.82. The van der Waals surface area contributed by atoms with Crippen LogP contribution in [0.25, 0.3) is 0 Å². The maximum Gasteiger partial charge on any atom is 0.294 e. The molecule has 1 N–H and O–H groups in total. The lowest BCUT2D eigenvalue weighted by molar-refractivity contribution is 0.483. The molecule has 0 aliphatic carbocycles. The number of hydrogen-bond donors (Lipinski definition) is 1. The molecule has 2 rings (SSSR count). The summed E-state index contributed by atoms with van der Waals surface area (Å²) in [4.78, 5) is 1.95. The van der Waals surface area contributed by atoms with E-state index in [1.165, 1.54) is 17.7 Å². The third-order valence-electron chi connectivity index (χ3n) is 3.06. The molecule has 4 nitrogen and oxygen atoms in total. The van der Waals surface area contributed by atoms with Crippen LogP contribution in [-0.4, -0.2) is 20.0 Å². The van der Waals surface area contributed by atoms with Gasteiger partial charge in [-0.3, -0.25) is 4.55 Å². The van der Waals surface area contributed by atoms with Gasteiger partial charge in [0.2, 0.25) is 0 Å². The van der Waals surface area contributed by atoms with E-state index in [1.807, 2.05) is 43.1 Å². The van der Waals surface area contributed by atoms with Crippen molar-refractivity contribution in [3.8, 4) is 0 Å². The van der Waals surface area contributed by atoms with Gasteiger partial charge >= 0.3 is 0 Å². The second kappa shape index (κ2) is 5.64. The first-order valence-electron chi connectivity index (χ1n) is 6.20. The van der Waals surface area contributed by atoms with E-state index in [1.54, 1.807) is 6.07 Å². The van der Waals surface area contributed by atoms with Crippen LogP contribution in [0.5, 0.6) is 0 Å². The quantitative estimate of drug-likeness (QED) is 0.880. The molecule has 2 aromatic carbocycles. The Bertz CT molecular complexity index is 711. The summed E-state index contributed by atoms with van der Waals surface area (Å²) in [7, 11) is -2.21. The van der Waals surface area contributed by atoms with E-state index in [9.17, 15) is 8.42 Å². The normalized spacial score (nSPS) is 11.3. The Morgan fingerprint density at radius 2 is 1.80 bits per heavy atom. The van der Waals surface area contributed by atoms with Crippen LogP contribution in [-0.2, 0) is 16.7 Å². The van der Waals surface area contributed by atoms with Crippen molar-refractivity contribution in [1.82, 2.24) is 0 Å². The molecule has 0 aromatic heterocycles. The zero-order chi connectivity index (χ0) is 14.8. The molecular formula is C15H17NO3S. The Hall–Kier alpha value is -1.85. The molecule has 0 radical (unpaired) electrons. The van der Waals surface area contributed by atoms with Crippen LogP contribution in [0.3, 0.4) is 0 Å². The highest BCUT2D eigenvalue weighted by molar-refractivity contribution is 7.85. The predicted molar refractivity (Wildman–Crippen MR) is 79.5 cm³/mol. The highest BCUT2D eigenvalue weighted by Gasteiger charge is 2.10. The fourth-order valence-electron chi connectivity index (χ4n) is 2.03. The lowest BCUT2D eigenvalue weighted by Crippen LogP contribution is -2.16. The van der Waals surface area contributed by atoms with Gasteiger partial charge < -0.3 is 4.90 Å². The van der Waals surface area contributed by atoms with E-state index in [4.69, 9.17) is 4.55 Å². The summed E-state index contributed by atoms with van der Waals surface area (Å²) >= 11 is 0. The molecule has 0 saturated heterocycles. The summed E-state index contributed by atoms with van der Waals surface area (Å²) in [5, 5.41) is 0. The molecule has 106 valence electrons. The summed E-state index contributed by atoms with van der Waals surface area (Å²) in [5.74, 6) is 0. The molecule has 20 heavy (non-hydrogen) atoms. The van der Waals surface area contributed by atoms with Gasteiger partial charge in [-0.05, 0) is 42.3 Å². The first-order valence-corrected chi connectivity index (χ1v) is 7.64. The van der Waals surface area contributed by atoms with Crippen LogP contribution in [0.2, 0.25) is 0 Å². The zero-order valence-electron chi connectivity index (χ0n) is 11.4. The molecule has 0 spiro atoms. The SMILES string of the molecule is Cc1cccc(N(C)Cc2cccc(S(=O)(=O)O)c2)c1. The van der Waals surface area contributed by atoms with Crippen LogP contribution < -0.4 is 4.90 Å². The summed E-state index contributed by atoms with van der Waals surface area (Å²) in [5.41, 5.74) is 3.05. The highest BCUT2D eigenvalue weighted by atomic mass is 32.2. The number of benzene rings is 2. The van der Waals surface area contributed by atoms with Gasteiger partial charge in [-0.25, -0.2) is 0 Å². The molecule has 2 aromatic rings. The summed E-state index contributed by atoms with van der Waals surface area (Å²) in [6.45, 7) is 2.59. The van der Waals surface area contributed by atoms with Gasteiger partial charge in [0.1, 0.15) is 0 Å². The van der Waals surface area contributed by atoms with Gasteiger partial charge in [0, 0.05) is 19.3 Å². The lowest BCUT2D eigenvalue weighted by Gasteiger charge is -2.20. The molecule has 5 heteroatoms. The Kier molecular flexibility index (Phi) is 4.11. The largest absolute Gasteiger partial charge is 0.370 e. The van der Waals surface area contributed by atoms with E-state index in [0.29, 0.717) is 6.54 Å². The summed E-state index contributed by atoms with van der Waals surface area (Å²) in [6, 6.07) is 14.4. The first-order chi connectivity index (χ1) is 9.36. The van der Waals surface area contributed by atoms with Gasteiger partial charge in [0.15, 0.2) is 0 Å². The van der Waals surface area contributed by atoms with Crippen molar-refractivity contribution < 1.29 is 13.0 Å². The van der Waals surface area contributed by atoms with E-state index in [-0.39, 0.29) is 4.90 Å². The minimum atomic E-state index is -4.15. The van der Waals surface area contributed by atoms with Gasteiger partial charge in [0.05, 0.1) is 4.90 Å². The lowest BCUT2D eigenvalue weighted by atomic mass is 10.2. The molecule has 0 aliphatic rings. The Morgan fingerprint density at radius 1 is 1.10 bits per heavy atom. The maximum absolute atomic E-state index is 11.1.